The van der Waals surface area contributed by atoms with Crippen LogP contribution in [0, 0.1) is 0 Å². The average Bonchev–Trinajstić information content (AvgIpc) is 3.07. The van der Waals surface area contributed by atoms with E-state index in [9.17, 15) is 14.7 Å². The third-order valence-electron chi connectivity index (χ3n) is 4.03. The van der Waals surface area contributed by atoms with Gasteiger partial charge in [-0.2, -0.15) is 0 Å². The molecule has 0 saturated heterocycles. The van der Waals surface area contributed by atoms with Crippen LogP contribution in [0.4, 0.5) is 0 Å². The number of aromatic hydroxyl groups is 1. The van der Waals surface area contributed by atoms with Crippen molar-refractivity contribution in [2.75, 3.05) is 0 Å². The van der Waals surface area contributed by atoms with Gasteiger partial charge >= 0.3 is 5.97 Å². The molecule has 1 heterocycles. The fraction of sp³-hybridized carbons (Fsp3) is 0.0833. The van der Waals surface area contributed by atoms with Gasteiger partial charge in [-0.1, -0.05) is 37.5 Å². The van der Waals surface area contributed by atoms with Crippen molar-refractivity contribution in [1.82, 2.24) is 0 Å². The molecule has 0 radical (unpaired) electrons. The lowest BCUT2D eigenvalue weighted by Crippen LogP contribution is -2.00. The van der Waals surface area contributed by atoms with Crippen LogP contribution >= 0.6 is 11.3 Å². The first-order valence-electron chi connectivity index (χ1n) is 8.94. The Bertz CT molecular complexity index is 1130. The van der Waals surface area contributed by atoms with Crippen LogP contribution in [0.15, 0.2) is 85.4 Å². The molecule has 154 valence electrons. The van der Waals surface area contributed by atoms with E-state index in [-0.39, 0.29) is 11.5 Å². The first-order chi connectivity index (χ1) is 14.2. The zero-order valence-corrected chi connectivity index (χ0v) is 17.5. The van der Waals surface area contributed by atoms with Crippen LogP contribution in [0.2, 0.25) is 0 Å². The normalized spacial score (nSPS) is 12.6. The molecule has 0 aliphatic carbocycles. The van der Waals surface area contributed by atoms with E-state index in [1.165, 1.54) is 11.3 Å². The predicted octanol–water partition coefficient (Wildman–Crippen LogP) is 6.01. The number of rotatable bonds is 9. The number of benzene rings is 1. The van der Waals surface area contributed by atoms with E-state index in [1.54, 1.807) is 55.5 Å². The molecule has 2 aromatic rings. The molecule has 0 bridgehead atoms. The number of thiophene rings is 1. The lowest BCUT2D eigenvalue weighted by Gasteiger charge is -2.05. The highest BCUT2D eigenvalue weighted by Gasteiger charge is 2.20. The lowest BCUT2D eigenvalue weighted by molar-refractivity contribution is -0.131. The molecule has 2 N–H and O–H groups in total. The monoisotopic (exact) mass is 422 g/mol. The van der Waals surface area contributed by atoms with Gasteiger partial charge in [-0.15, -0.1) is 11.3 Å². The molecule has 0 unspecified atom stereocenters. The van der Waals surface area contributed by atoms with E-state index in [2.05, 4.69) is 13.2 Å². The van der Waals surface area contributed by atoms with E-state index >= 15 is 0 Å². The number of ether oxygens (including phenoxy) is 1. The molecule has 30 heavy (non-hydrogen) atoms. The Labute approximate surface area is 178 Å². The van der Waals surface area contributed by atoms with Crippen molar-refractivity contribution in [3.05, 3.63) is 95.8 Å². The molecule has 0 aliphatic heterocycles. The summed E-state index contributed by atoms with van der Waals surface area (Å²) in [7, 11) is 0. The fourth-order valence-electron chi connectivity index (χ4n) is 2.61. The van der Waals surface area contributed by atoms with Gasteiger partial charge in [0.1, 0.15) is 11.5 Å². The molecule has 0 saturated carbocycles. The standard InChI is InChI=1S/C24H22O5S/c1-5-6-7-16(3)23(28)24-22(19-11-10-18(25)14-20(19)30-24)15(2)8-9-17(4)29-13-12-21(26)27/h5-14,25H,1,3H2,2,4H3,(H,26,27)/b7-6-,13-12+,15-8+,17-9+. The summed E-state index contributed by atoms with van der Waals surface area (Å²) in [5, 5.41) is 19.3. The van der Waals surface area contributed by atoms with Gasteiger partial charge in [0, 0.05) is 21.2 Å². The summed E-state index contributed by atoms with van der Waals surface area (Å²) in [6.45, 7) is 11.0. The minimum Gasteiger partial charge on any atom is -0.508 e. The number of fused-ring (bicyclic) bond motifs is 1. The molecule has 0 fully saturated rings. The number of hydrogen-bond acceptors (Lipinski definition) is 5. The van der Waals surface area contributed by atoms with E-state index in [0.29, 0.717) is 16.2 Å². The van der Waals surface area contributed by atoms with Crippen LogP contribution < -0.4 is 0 Å². The Balaban J connectivity index is 2.51. The van der Waals surface area contributed by atoms with Crippen molar-refractivity contribution in [3.8, 4) is 5.75 Å². The Hall–Kier alpha value is -3.64. The topological polar surface area (TPSA) is 83.8 Å². The number of aliphatic carboxylic acids is 1. The van der Waals surface area contributed by atoms with E-state index in [1.807, 2.05) is 6.92 Å². The molecule has 1 aromatic heterocycles. The maximum atomic E-state index is 13.0. The molecule has 6 heteroatoms. The Morgan fingerprint density at radius 1 is 1.17 bits per heavy atom. The van der Waals surface area contributed by atoms with Gasteiger partial charge in [-0.25, -0.2) is 4.79 Å². The van der Waals surface area contributed by atoms with Gasteiger partial charge in [0.05, 0.1) is 17.2 Å². The second kappa shape index (κ2) is 10.2. The predicted molar refractivity (Wildman–Crippen MR) is 122 cm³/mol. The summed E-state index contributed by atoms with van der Waals surface area (Å²) in [6, 6.07) is 4.97. The summed E-state index contributed by atoms with van der Waals surface area (Å²) >= 11 is 1.29. The highest BCUT2D eigenvalue weighted by atomic mass is 32.1. The van der Waals surface area contributed by atoms with Crippen LogP contribution in [0.5, 0.6) is 5.75 Å². The molecule has 1 aromatic carbocycles. The molecule has 2 rings (SSSR count). The number of carbonyl (C=O) groups excluding carboxylic acids is 1. The summed E-state index contributed by atoms with van der Waals surface area (Å²) < 4.78 is 5.99. The number of carboxylic acids is 1. The van der Waals surface area contributed by atoms with Crippen LogP contribution in [-0.2, 0) is 9.53 Å². The molecule has 0 atom stereocenters. The van der Waals surface area contributed by atoms with Crippen molar-refractivity contribution < 1.29 is 24.5 Å². The average molecular weight is 423 g/mol. The summed E-state index contributed by atoms with van der Waals surface area (Å²) in [5.41, 5.74) is 1.88. The van der Waals surface area contributed by atoms with Gasteiger partial charge in [0.15, 0.2) is 0 Å². The van der Waals surface area contributed by atoms with E-state index < -0.39 is 5.97 Å². The van der Waals surface area contributed by atoms with Gasteiger partial charge in [0.25, 0.3) is 0 Å². The molecular weight excluding hydrogens is 400 g/mol. The Morgan fingerprint density at radius 2 is 1.90 bits per heavy atom. The smallest absolute Gasteiger partial charge is 0.331 e. The van der Waals surface area contributed by atoms with Gasteiger partial charge < -0.3 is 14.9 Å². The highest BCUT2D eigenvalue weighted by molar-refractivity contribution is 7.21. The fourth-order valence-corrected chi connectivity index (χ4v) is 3.88. The molecule has 0 amide bonds. The van der Waals surface area contributed by atoms with Crippen molar-refractivity contribution in [1.29, 1.82) is 0 Å². The number of Topliss-reactive ketones (excluding diaryl/α,β-unsaturated/α-hetero) is 1. The first kappa shape index (κ1) is 22.6. The highest BCUT2D eigenvalue weighted by Crippen LogP contribution is 2.38. The molecule has 0 aliphatic rings. The van der Waals surface area contributed by atoms with Crippen LogP contribution in [0.3, 0.4) is 0 Å². The second-order valence-corrected chi connectivity index (χ2v) is 7.37. The minimum absolute atomic E-state index is 0.121. The number of phenols is 1. The van der Waals surface area contributed by atoms with E-state index in [0.717, 1.165) is 33.6 Å². The van der Waals surface area contributed by atoms with Crippen LogP contribution in [0.25, 0.3) is 15.7 Å². The van der Waals surface area contributed by atoms with Crippen LogP contribution in [0.1, 0.15) is 29.1 Å². The van der Waals surface area contributed by atoms with Crippen molar-refractivity contribution >= 4 is 38.7 Å². The third-order valence-corrected chi connectivity index (χ3v) is 5.18. The van der Waals surface area contributed by atoms with Crippen molar-refractivity contribution in [2.24, 2.45) is 0 Å². The minimum atomic E-state index is -1.10. The van der Waals surface area contributed by atoms with Gasteiger partial charge in [0.2, 0.25) is 5.78 Å². The maximum Gasteiger partial charge on any atom is 0.331 e. The number of carbonyl (C=O) groups is 2. The quantitative estimate of drug-likeness (QED) is 0.224. The maximum absolute atomic E-state index is 13.0. The summed E-state index contributed by atoms with van der Waals surface area (Å²) in [6.07, 6.45) is 10.3. The number of carboxylic acid groups (broad SMARTS) is 1. The molecule has 5 nitrogen and oxygen atoms in total. The Kier molecular flexibility index (Phi) is 7.72. The number of phenolic OH excluding ortho intramolecular Hbond substituents is 1. The summed E-state index contributed by atoms with van der Waals surface area (Å²) in [5.74, 6) is -0.708. The van der Waals surface area contributed by atoms with Crippen LogP contribution in [-0.4, -0.2) is 22.0 Å². The second-order valence-electron chi connectivity index (χ2n) is 6.32. The number of allylic oxidation sites excluding steroid dienone is 8. The van der Waals surface area contributed by atoms with E-state index in [4.69, 9.17) is 9.84 Å². The van der Waals surface area contributed by atoms with Gasteiger partial charge in [-0.05, 0) is 43.7 Å². The zero-order valence-electron chi connectivity index (χ0n) is 16.7. The summed E-state index contributed by atoms with van der Waals surface area (Å²) in [4.78, 5) is 24.0. The zero-order chi connectivity index (χ0) is 22.3. The van der Waals surface area contributed by atoms with Crippen molar-refractivity contribution in [2.45, 2.75) is 13.8 Å². The number of hydrogen-bond donors (Lipinski definition) is 2. The lowest BCUT2D eigenvalue weighted by atomic mass is 9.99. The largest absolute Gasteiger partial charge is 0.508 e. The number of ketones is 1. The molecule has 0 spiro atoms. The van der Waals surface area contributed by atoms with Crippen molar-refractivity contribution in [3.63, 3.8) is 0 Å². The first-order valence-corrected chi connectivity index (χ1v) is 9.76. The SMILES string of the molecule is C=C/C=C\C(=C)C(=O)c1sc2cc(O)ccc2c1/C(C)=C/C=C(\C)O/C=C/C(=O)O. The van der Waals surface area contributed by atoms with Gasteiger partial charge in [-0.3, -0.25) is 4.79 Å². The Morgan fingerprint density at radius 3 is 2.57 bits per heavy atom. The molecular formula is C24H22O5S. The third kappa shape index (κ3) is 5.68.